The number of amides is 3. The number of nitrogens with zero attached hydrogens (tertiary/aromatic N) is 2. The number of likely N-dealkylation sites (tertiary alicyclic amines) is 1. The summed E-state index contributed by atoms with van der Waals surface area (Å²) in [5, 5.41) is 8.18. The lowest BCUT2D eigenvalue weighted by Crippen LogP contribution is -2.39. The van der Waals surface area contributed by atoms with Gasteiger partial charge in [0.15, 0.2) is 0 Å². The average Bonchev–Trinajstić information content (AvgIpc) is 3.44. The third-order valence-corrected chi connectivity index (χ3v) is 7.27. The normalized spacial score (nSPS) is 22.7. The number of anilines is 3. The summed E-state index contributed by atoms with van der Waals surface area (Å²) in [6, 6.07) is 12.2. The molecule has 2 aromatic rings. The standard InChI is InChI=1S/C26H31N5O3/c1-16-12-19(30-11-9-20(15-30)31-10-3-4-17(31)2)6-8-22(16)29-25(33)18-5-7-21-23(13-18)28-24(32)14-27-26(21)34/h5-8,12-13,17,20H,3-4,9-11,14-15H2,1-2H3,(H,27,34)(H,28,32)(H,29,33). The molecule has 3 heterocycles. The van der Waals surface area contributed by atoms with Crippen molar-refractivity contribution in [2.75, 3.05) is 41.7 Å². The van der Waals surface area contributed by atoms with E-state index in [4.69, 9.17) is 0 Å². The molecule has 3 aliphatic heterocycles. The van der Waals surface area contributed by atoms with E-state index in [1.807, 2.05) is 13.0 Å². The van der Waals surface area contributed by atoms with E-state index in [9.17, 15) is 14.4 Å². The topological polar surface area (TPSA) is 93.8 Å². The molecule has 0 radical (unpaired) electrons. The molecule has 3 N–H and O–H groups in total. The van der Waals surface area contributed by atoms with Crippen molar-refractivity contribution in [1.29, 1.82) is 0 Å². The molecule has 178 valence electrons. The fourth-order valence-corrected chi connectivity index (χ4v) is 5.36. The lowest BCUT2D eigenvalue weighted by Gasteiger charge is -2.28. The Morgan fingerprint density at radius 2 is 1.94 bits per heavy atom. The van der Waals surface area contributed by atoms with E-state index in [-0.39, 0.29) is 24.3 Å². The lowest BCUT2D eigenvalue weighted by atomic mass is 10.1. The second-order valence-corrected chi connectivity index (χ2v) is 9.56. The third kappa shape index (κ3) is 4.37. The number of carbonyl (C=O) groups is 3. The molecular formula is C26H31N5O3. The zero-order chi connectivity index (χ0) is 23.8. The number of rotatable bonds is 4. The molecule has 0 aromatic heterocycles. The minimum Gasteiger partial charge on any atom is -0.370 e. The summed E-state index contributed by atoms with van der Waals surface area (Å²) >= 11 is 0. The molecule has 5 rings (SSSR count). The molecule has 2 saturated heterocycles. The molecule has 3 amide bonds. The van der Waals surface area contributed by atoms with Crippen LogP contribution in [0.4, 0.5) is 17.1 Å². The van der Waals surface area contributed by atoms with E-state index in [1.165, 1.54) is 31.5 Å². The summed E-state index contributed by atoms with van der Waals surface area (Å²) in [5.74, 6) is -0.948. The largest absolute Gasteiger partial charge is 0.370 e. The molecule has 3 aliphatic rings. The quantitative estimate of drug-likeness (QED) is 0.651. The maximum absolute atomic E-state index is 12.9. The van der Waals surface area contributed by atoms with Gasteiger partial charge in [0.2, 0.25) is 5.91 Å². The first kappa shape index (κ1) is 22.4. The Kier molecular flexibility index (Phi) is 6.00. The number of fused-ring (bicyclic) bond motifs is 1. The van der Waals surface area contributed by atoms with Gasteiger partial charge >= 0.3 is 0 Å². The van der Waals surface area contributed by atoms with E-state index < -0.39 is 0 Å². The van der Waals surface area contributed by atoms with Gasteiger partial charge in [-0.2, -0.15) is 0 Å². The van der Waals surface area contributed by atoms with E-state index in [2.05, 4.69) is 44.8 Å². The summed E-state index contributed by atoms with van der Waals surface area (Å²) in [7, 11) is 0. The van der Waals surface area contributed by atoms with Crippen LogP contribution in [0.25, 0.3) is 0 Å². The molecule has 2 unspecified atom stereocenters. The predicted molar refractivity (Wildman–Crippen MR) is 133 cm³/mol. The van der Waals surface area contributed by atoms with Gasteiger partial charge in [-0.15, -0.1) is 0 Å². The Morgan fingerprint density at radius 3 is 2.71 bits per heavy atom. The van der Waals surface area contributed by atoms with Crippen molar-refractivity contribution in [1.82, 2.24) is 10.2 Å². The molecule has 2 atom stereocenters. The Bertz CT molecular complexity index is 1150. The number of nitrogens with one attached hydrogen (secondary N) is 3. The van der Waals surface area contributed by atoms with Crippen molar-refractivity contribution in [3.8, 4) is 0 Å². The van der Waals surface area contributed by atoms with Crippen LogP contribution >= 0.6 is 0 Å². The highest BCUT2D eigenvalue weighted by Crippen LogP contribution is 2.30. The number of hydrogen-bond donors (Lipinski definition) is 3. The smallest absolute Gasteiger partial charge is 0.255 e. The fraction of sp³-hybridized carbons (Fsp3) is 0.423. The van der Waals surface area contributed by atoms with Crippen LogP contribution in [0.5, 0.6) is 0 Å². The third-order valence-electron chi connectivity index (χ3n) is 7.27. The van der Waals surface area contributed by atoms with Crippen LogP contribution in [0.3, 0.4) is 0 Å². The van der Waals surface area contributed by atoms with Gasteiger partial charge in [0.05, 0.1) is 17.8 Å². The summed E-state index contributed by atoms with van der Waals surface area (Å²) in [5.41, 5.74) is 3.98. The first-order valence-corrected chi connectivity index (χ1v) is 12.0. The van der Waals surface area contributed by atoms with Gasteiger partial charge in [-0.3, -0.25) is 19.3 Å². The number of hydrogen-bond acceptors (Lipinski definition) is 5. The Hall–Kier alpha value is -3.39. The van der Waals surface area contributed by atoms with Crippen molar-refractivity contribution >= 4 is 34.8 Å². The highest BCUT2D eigenvalue weighted by molar-refractivity contribution is 6.11. The van der Waals surface area contributed by atoms with Gasteiger partial charge in [0, 0.05) is 42.1 Å². The number of benzene rings is 2. The summed E-state index contributed by atoms with van der Waals surface area (Å²) in [6.45, 7) is 7.55. The lowest BCUT2D eigenvalue weighted by molar-refractivity contribution is -0.115. The molecule has 8 heteroatoms. The van der Waals surface area contributed by atoms with Crippen molar-refractivity contribution in [2.45, 2.75) is 45.2 Å². The summed E-state index contributed by atoms with van der Waals surface area (Å²) in [4.78, 5) is 42.0. The molecule has 8 nitrogen and oxygen atoms in total. The summed E-state index contributed by atoms with van der Waals surface area (Å²) in [6.07, 6.45) is 3.79. The van der Waals surface area contributed by atoms with Crippen LogP contribution in [0.2, 0.25) is 0 Å². The molecule has 34 heavy (non-hydrogen) atoms. The van der Waals surface area contributed by atoms with E-state index in [1.54, 1.807) is 18.2 Å². The zero-order valence-electron chi connectivity index (χ0n) is 19.7. The Labute approximate surface area is 199 Å². The number of aryl methyl sites for hydroxylation is 1. The van der Waals surface area contributed by atoms with Crippen LogP contribution < -0.4 is 20.9 Å². The van der Waals surface area contributed by atoms with E-state index >= 15 is 0 Å². The Balaban J connectivity index is 1.27. The van der Waals surface area contributed by atoms with Crippen LogP contribution in [-0.2, 0) is 4.79 Å². The second kappa shape index (κ2) is 9.10. The van der Waals surface area contributed by atoms with Gasteiger partial charge < -0.3 is 20.9 Å². The maximum atomic E-state index is 12.9. The molecule has 0 aliphatic carbocycles. The molecule has 0 bridgehead atoms. The second-order valence-electron chi connectivity index (χ2n) is 9.56. The van der Waals surface area contributed by atoms with Gasteiger partial charge in [0.1, 0.15) is 0 Å². The molecule has 2 fully saturated rings. The fourth-order valence-electron chi connectivity index (χ4n) is 5.36. The zero-order valence-corrected chi connectivity index (χ0v) is 19.7. The van der Waals surface area contributed by atoms with Crippen LogP contribution in [0.1, 0.15) is 52.5 Å². The average molecular weight is 462 g/mol. The van der Waals surface area contributed by atoms with Crippen LogP contribution in [0, 0.1) is 6.92 Å². The SMILES string of the molecule is Cc1cc(N2CCC(N3CCCC3C)C2)ccc1NC(=O)c1ccc2c(c1)NC(=O)CNC2=O. The van der Waals surface area contributed by atoms with Gasteiger partial charge in [0.25, 0.3) is 11.8 Å². The monoisotopic (exact) mass is 461 g/mol. The molecular weight excluding hydrogens is 430 g/mol. The molecule has 0 saturated carbocycles. The van der Waals surface area contributed by atoms with Crippen molar-refractivity contribution in [3.05, 3.63) is 53.1 Å². The molecule has 0 spiro atoms. The minimum absolute atomic E-state index is 0.0879. The van der Waals surface area contributed by atoms with Gasteiger partial charge in [-0.1, -0.05) is 0 Å². The van der Waals surface area contributed by atoms with Crippen LogP contribution in [-0.4, -0.2) is 60.9 Å². The van der Waals surface area contributed by atoms with Crippen molar-refractivity contribution in [3.63, 3.8) is 0 Å². The maximum Gasteiger partial charge on any atom is 0.255 e. The first-order valence-electron chi connectivity index (χ1n) is 12.0. The van der Waals surface area contributed by atoms with Gasteiger partial charge in [-0.25, -0.2) is 0 Å². The van der Waals surface area contributed by atoms with Crippen LogP contribution in [0.15, 0.2) is 36.4 Å². The van der Waals surface area contributed by atoms with Crippen molar-refractivity contribution < 1.29 is 14.4 Å². The summed E-state index contributed by atoms with van der Waals surface area (Å²) < 4.78 is 0. The van der Waals surface area contributed by atoms with Gasteiger partial charge in [-0.05, 0) is 81.6 Å². The van der Waals surface area contributed by atoms with Crippen molar-refractivity contribution in [2.24, 2.45) is 0 Å². The highest BCUT2D eigenvalue weighted by Gasteiger charge is 2.33. The highest BCUT2D eigenvalue weighted by atomic mass is 16.2. The molecule has 2 aromatic carbocycles. The first-order chi connectivity index (χ1) is 16.4. The number of carbonyl (C=O) groups excluding carboxylic acids is 3. The Morgan fingerprint density at radius 1 is 1.09 bits per heavy atom. The van der Waals surface area contributed by atoms with E-state index in [0.717, 1.165) is 24.3 Å². The van der Waals surface area contributed by atoms with E-state index in [0.29, 0.717) is 28.9 Å². The minimum atomic E-state index is -0.338. The predicted octanol–water partition coefficient (Wildman–Crippen LogP) is 2.99.